The quantitative estimate of drug-likeness (QED) is 0.807. The lowest BCUT2D eigenvalue weighted by Crippen LogP contribution is -2.37. The molecule has 1 aromatic heterocycles. The van der Waals surface area contributed by atoms with Crippen LogP contribution in [0.3, 0.4) is 0 Å². The Hall–Kier alpha value is -2.09. The molecule has 1 N–H and O–H groups in total. The van der Waals surface area contributed by atoms with Crippen LogP contribution in [0.5, 0.6) is 0 Å². The van der Waals surface area contributed by atoms with Crippen LogP contribution in [0.2, 0.25) is 0 Å². The number of hydrogen-bond acceptors (Lipinski definition) is 5. The van der Waals surface area contributed by atoms with Gasteiger partial charge in [-0.15, -0.1) is 0 Å². The average molecular weight is 348 g/mol. The molecule has 2 fully saturated rings. The molecule has 1 amide bonds. The second kappa shape index (κ2) is 6.80. The second-order valence-corrected chi connectivity index (χ2v) is 7.16. The number of amides is 1. The zero-order valence-corrected chi connectivity index (χ0v) is 14.6. The summed E-state index contributed by atoms with van der Waals surface area (Å²) >= 11 is 1.25. The lowest BCUT2D eigenvalue weighted by Gasteiger charge is -2.17. The molecule has 1 aliphatic carbocycles. The molecule has 7 nitrogen and oxygen atoms in total. The Morgan fingerprint density at radius 1 is 1.21 bits per heavy atom. The molecular formula is C16H20N4O3S. The highest BCUT2D eigenvalue weighted by molar-refractivity contribution is 8.18. The molecule has 1 saturated heterocycles. The van der Waals surface area contributed by atoms with Crippen molar-refractivity contribution in [2.24, 2.45) is 19.1 Å². The van der Waals surface area contributed by atoms with Gasteiger partial charge in [0.05, 0.1) is 16.5 Å². The predicted molar refractivity (Wildman–Crippen MR) is 94.9 cm³/mol. The Labute approximate surface area is 143 Å². The number of nitrogens with one attached hydrogen (secondary N) is 1. The third-order valence-corrected chi connectivity index (χ3v) is 5.21. The van der Waals surface area contributed by atoms with Crippen LogP contribution in [-0.2, 0) is 18.9 Å². The first-order valence-corrected chi connectivity index (χ1v) is 8.82. The minimum absolute atomic E-state index is 0.259. The van der Waals surface area contributed by atoms with Gasteiger partial charge in [-0.25, -0.2) is 4.79 Å². The van der Waals surface area contributed by atoms with E-state index in [1.165, 1.54) is 54.9 Å². The zero-order valence-electron chi connectivity index (χ0n) is 13.7. The summed E-state index contributed by atoms with van der Waals surface area (Å²) in [7, 11) is 2.99. The van der Waals surface area contributed by atoms with Crippen LogP contribution in [0, 0.1) is 0 Å². The number of rotatable bonds is 2. The summed E-state index contributed by atoms with van der Waals surface area (Å²) in [6, 6.07) is 0.270. The van der Waals surface area contributed by atoms with Gasteiger partial charge >= 0.3 is 5.69 Å². The van der Waals surface area contributed by atoms with E-state index in [0.717, 1.165) is 17.4 Å². The smallest absolute Gasteiger partial charge is 0.303 e. The summed E-state index contributed by atoms with van der Waals surface area (Å²) in [6.45, 7) is 0. The topological polar surface area (TPSA) is 85.5 Å². The molecule has 8 heteroatoms. The third kappa shape index (κ3) is 3.38. The van der Waals surface area contributed by atoms with Crippen LogP contribution < -0.4 is 16.6 Å². The van der Waals surface area contributed by atoms with Gasteiger partial charge in [0.25, 0.3) is 11.5 Å². The van der Waals surface area contributed by atoms with Crippen molar-refractivity contribution in [3.63, 3.8) is 0 Å². The Kier molecular flexibility index (Phi) is 4.75. The van der Waals surface area contributed by atoms with Gasteiger partial charge in [0.1, 0.15) is 0 Å². The molecule has 0 aromatic carbocycles. The molecule has 0 spiro atoms. The van der Waals surface area contributed by atoms with Gasteiger partial charge in [-0.3, -0.25) is 19.1 Å². The molecule has 2 aliphatic rings. The largest absolute Gasteiger partial charge is 0.330 e. The normalized spacial score (nSPS) is 22.3. The fourth-order valence-corrected chi connectivity index (χ4v) is 3.82. The van der Waals surface area contributed by atoms with Crippen molar-refractivity contribution in [1.29, 1.82) is 0 Å². The third-order valence-electron chi connectivity index (χ3n) is 4.28. The van der Waals surface area contributed by atoms with E-state index in [1.807, 2.05) is 0 Å². The molecule has 1 aromatic rings. The number of aryl methyl sites for hydroxylation is 1. The van der Waals surface area contributed by atoms with Crippen molar-refractivity contribution in [3.8, 4) is 0 Å². The van der Waals surface area contributed by atoms with Gasteiger partial charge in [0, 0.05) is 20.3 Å². The number of hydrogen-bond donors (Lipinski definition) is 1. The van der Waals surface area contributed by atoms with Crippen molar-refractivity contribution in [1.82, 2.24) is 14.5 Å². The van der Waals surface area contributed by atoms with E-state index in [1.54, 1.807) is 7.05 Å². The number of aliphatic imine (C=N–C) groups is 1. The van der Waals surface area contributed by atoms with Crippen LogP contribution >= 0.6 is 11.8 Å². The fraction of sp³-hybridized carbons (Fsp3) is 0.500. The standard InChI is InChI=1S/C16H20N4O3S/c1-19-9-10(14(22)20(2)16(19)23)8-12-13(21)18-15(24-12)17-11-6-4-3-5-7-11/h8-9,11H,3-7H2,1-2H3,(H,17,18,21)/b12-8-. The van der Waals surface area contributed by atoms with Crippen molar-refractivity contribution in [3.05, 3.63) is 37.5 Å². The van der Waals surface area contributed by atoms with E-state index in [2.05, 4.69) is 10.3 Å². The monoisotopic (exact) mass is 348 g/mol. The first-order chi connectivity index (χ1) is 11.5. The van der Waals surface area contributed by atoms with Crippen molar-refractivity contribution < 1.29 is 4.79 Å². The maximum atomic E-state index is 12.2. The van der Waals surface area contributed by atoms with Gasteiger partial charge < -0.3 is 9.88 Å². The Bertz CT molecular complexity index is 844. The summed E-state index contributed by atoms with van der Waals surface area (Å²) in [6.07, 6.45) is 8.68. The van der Waals surface area contributed by atoms with E-state index in [4.69, 9.17) is 0 Å². The Morgan fingerprint density at radius 3 is 2.62 bits per heavy atom. The maximum Gasteiger partial charge on any atom is 0.330 e. The number of carbonyl (C=O) groups excluding carboxylic acids is 1. The molecule has 24 heavy (non-hydrogen) atoms. The van der Waals surface area contributed by atoms with Gasteiger partial charge in [-0.2, -0.15) is 0 Å². The van der Waals surface area contributed by atoms with E-state index in [0.29, 0.717) is 15.6 Å². The van der Waals surface area contributed by atoms with Gasteiger partial charge in [0.2, 0.25) is 0 Å². The molecule has 1 saturated carbocycles. The molecular weight excluding hydrogens is 328 g/mol. The van der Waals surface area contributed by atoms with Crippen LogP contribution in [-0.4, -0.2) is 26.3 Å². The van der Waals surface area contributed by atoms with E-state index in [9.17, 15) is 14.4 Å². The summed E-state index contributed by atoms with van der Waals surface area (Å²) in [5.41, 5.74) is -0.516. The highest BCUT2D eigenvalue weighted by Gasteiger charge is 2.25. The Balaban J connectivity index is 1.87. The first-order valence-electron chi connectivity index (χ1n) is 8.01. The molecule has 0 atom stereocenters. The fourth-order valence-electron chi connectivity index (χ4n) is 2.94. The van der Waals surface area contributed by atoms with Gasteiger partial charge in [-0.1, -0.05) is 19.3 Å². The minimum Gasteiger partial charge on any atom is -0.303 e. The van der Waals surface area contributed by atoms with Gasteiger partial charge in [0.15, 0.2) is 5.17 Å². The van der Waals surface area contributed by atoms with Crippen LogP contribution in [0.4, 0.5) is 0 Å². The second-order valence-electron chi connectivity index (χ2n) is 6.13. The molecule has 1 aliphatic heterocycles. The lowest BCUT2D eigenvalue weighted by molar-refractivity contribution is -0.115. The highest BCUT2D eigenvalue weighted by Crippen LogP contribution is 2.28. The minimum atomic E-state index is -0.420. The van der Waals surface area contributed by atoms with E-state index >= 15 is 0 Å². The number of carbonyl (C=O) groups is 1. The molecule has 0 bridgehead atoms. The van der Waals surface area contributed by atoms with Crippen molar-refractivity contribution in [2.75, 3.05) is 0 Å². The predicted octanol–water partition coefficient (Wildman–Crippen LogP) is 0.977. The van der Waals surface area contributed by atoms with Crippen molar-refractivity contribution in [2.45, 2.75) is 38.1 Å². The number of amidine groups is 1. The van der Waals surface area contributed by atoms with Crippen LogP contribution in [0.1, 0.15) is 37.7 Å². The SMILES string of the molecule is Cn1cc(/C=C2\SC(=NC3CCCCC3)NC2=O)c(=O)n(C)c1=O. The Morgan fingerprint density at radius 2 is 1.92 bits per heavy atom. The van der Waals surface area contributed by atoms with E-state index in [-0.39, 0.29) is 11.9 Å². The summed E-state index contributed by atoms with van der Waals surface area (Å²) in [5.74, 6) is -0.259. The van der Waals surface area contributed by atoms with E-state index < -0.39 is 11.2 Å². The van der Waals surface area contributed by atoms with Crippen LogP contribution in [0.15, 0.2) is 25.7 Å². The number of thioether (sulfide) groups is 1. The number of aromatic nitrogens is 2. The molecule has 2 heterocycles. The summed E-state index contributed by atoms with van der Waals surface area (Å²) in [5, 5.41) is 3.36. The molecule has 0 unspecified atom stereocenters. The highest BCUT2D eigenvalue weighted by atomic mass is 32.2. The molecule has 128 valence electrons. The summed E-state index contributed by atoms with van der Waals surface area (Å²) in [4.78, 5) is 41.0. The molecule has 3 rings (SSSR count). The van der Waals surface area contributed by atoms with Crippen LogP contribution in [0.25, 0.3) is 6.08 Å². The van der Waals surface area contributed by atoms with Crippen molar-refractivity contribution >= 4 is 28.9 Å². The number of nitrogens with zero attached hydrogens (tertiary/aromatic N) is 3. The average Bonchev–Trinajstić information content (AvgIpc) is 2.91. The maximum absolute atomic E-state index is 12.2. The molecule has 0 radical (unpaired) electrons. The van der Waals surface area contributed by atoms with Gasteiger partial charge in [-0.05, 0) is 30.7 Å². The zero-order chi connectivity index (χ0) is 17.3. The summed E-state index contributed by atoms with van der Waals surface area (Å²) < 4.78 is 2.35. The lowest BCUT2D eigenvalue weighted by atomic mass is 9.96. The first kappa shape index (κ1) is 16.8.